The number of ether oxygens (including phenoxy) is 1. The van der Waals surface area contributed by atoms with E-state index in [2.05, 4.69) is 32.9 Å². The van der Waals surface area contributed by atoms with E-state index in [0.717, 1.165) is 20.0 Å². The maximum atomic E-state index is 13.6. The van der Waals surface area contributed by atoms with Crippen molar-refractivity contribution in [2.75, 3.05) is 18.1 Å². The predicted octanol–water partition coefficient (Wildman–Crippen LogP) is 0.714. The zero-order chi connectivity index (χ0) is 34.0. The molecule has 1 saturated heterocycles. The maximum absolute atomic E-state index is 13.6. The van der Waals surface area contributed by atoms with Crippen LogP contribution in [0.3, 0.4) is 0 Å². The number of H-pyrrole nitrogens is 1. The van der Waals surface area contributed by atoms with Crippen molar-refractivity contribution in [3.05, 3.63) is 41.9 Å². The van der Waals surface area contributed by atoms with Crippen molar-refractivity contribution in [3.63, 3.8) is 0 Å². The van der Waals surface area contributed by atoms with Gasteiger partial charge in [-0.3, -0.25) is 9.89 Å². The van der Waals surface area contributed by atoms with Gasteiger partial charge in [0.15, 0.2) is 5.82 Å². The molecular formula is C25H36F3N11O4S2. The van der Waals surface area contributed by atoms with Gasteiger partial charge in [-0.05, 0) is 46.8 Å². The molecule has 3 aromatic rings. The van der Waals surface area contributed by atoms with E-state index >= 15 is 0 Å². The van der Waals surface area contributed by atoms with Crippen LogP contribution in [0.2, 0.25) is 0 Å². The number of rotatable bonds is 9. The van der Waals surface area contributed by atoms with E-state index in [4.69, 9.17) is 27.7 Å². The number of anilines is 1. The van der Waals surface area contributed by atoms with Crippen LogP contribution in [0.1, 0.15) is 43.7 Å². The average Bonchev–Trinajstić information content (AvgIpc) is 3.59. The van der Waals surface area contributed by atoms with E-state index in [1.165, 1.54) is 36.0 Å². The van der Waals surface area contributed by atoms with Crippen LogP contribution in [0.15, 0.2) is 35.5 Å². The Bertz CT molecular complexity index is 1700. The van der Waals surface area contributed by atoms with E-state index in [1.54, 1.807) is 18.7 Å². The number of alkyl halides is 3. The van der Waals surface area contributed by atoms with Crippen LogP contribution in [-0.4, -0.2) is 74.8 Å². The highest BCUT2D eigenvalue weighted by molar-refractivity contribution is 7.90. The van der Waals surface area contributed by atoms with Gasteiger partial charge in [0.1, 0.15) is 23.1 Å². The number of aromatic nitrogens is 5. The van der Waals surface area contributed by atoms with Gasteiger partial charge in [-0.25, -0.2) is 22.8 Å². The van der Waals surface area contributed by atoms with E-state index in [1.807, 2.05) is 4.72 Å². The zero-order valence-electron chi connectivity index (χ0n) is 25.0. The summed E-state index contributed by atoms with van der Waals surface area (Å²) >= 11 is 4.65. The molecule has 1 amide bonds. The molecule has 1 aliphatic heterocycles. The summed E-state index contributed by atoms with van der Waals surface area (Å²) in [5, 5.41) is 10.4. The quantitative estimate of drug-likeness (QED) is 0.123. The van der Waals surface area contributed by atoms with Crippen LogP contribution in [-0.2, 0) is 10.0 Å². The molecule has 15 nitrogen and oxygen atoms in total. The Morgan fingerprint density at radius 2 is 1.87 bits per heavy atom. The highest BCUT2D eigenvalue weighted by Gasteiger charge is 2.60. The summed E-state index contributed by atoms with van der Waals surface area (Å²) in [7, 11) is -4.36. The molecule has 4 heterocycles. The Balaban J connectivity index is 1.77. The lowest BCUT2D eigenvalue weighted by Gasteiger charge is -2.43. The van der Waals surface area contributed by atoms with Crippen molar-refractivity contribution in [1.82, 2.24) is 29.7 Å². The maximum Gasteiger partial charge on any atom is 0.397 e. The molecule has 0 spiro atoms. The first kappa shape index (κ1) is 34.4. The number of halogens is 3. The first-order chi connectivity index (χ1) is 20.4. The van der Waals surface area contributed by atoms with Crippen molar-refractivity contribution in [3.8, 4) is 11.7 Å². The number of nitrogens with two attached hydrogens (primary N) is 4. The second kappa shape index (κ2) is 11.1. The number of carbonyl (C=O) groups is 1. The van der Waals surface area contributed by atoms with Gasteiger partial charge in [-0.15, -0.1) is 5.10 Å². The van der Waals surface area contributed by atoms with Crippen molar-refractivity contribution in [2.45, 2.75) is 61.9 Å². The van der Waals surface area contributed by atoms with E-state index in [9.17, 15) is 26.4 Å². The fourth-order valence-corrected chi connectivity index (χ4v) is 6.25. The molecular weight excluding hydrogens is 639 g/mol. The highest BCUT2D eigenvalue weighted by Crippen LogP contribution is 2.47. The topological polar surface area (TPSA) is 239 Å². The molecule has 2 atom stereocenters. The molecule has 0 bridgehead atoms. The lowest BCUT2D eigenvalue weighted by atomic mass is 9.85. The number of pyridine rings is 1. The van der Waals surface area contributed by atoms with Gasteiger partial charge >= 0.3 is 6.18 Å². The number of carbonyl (C=O) groups excluding carboxylic acids is 1. The van der Waals surface area contributed by atoms with Gasteiger partial charge in [-0.2, -0.15) is 30.9 Å². The lowest BCUT2D eigenvalue weighted by molar-refractivity contribution is -0.219. The highest BCUT2D eigenvalue weighted by atomic mass is 32.2. The number of amides is 1. The molecule has 1 fully saturated rings. The number of sulfonamides is 1. The third-order valence-corrected chi connectivity index (χ3v) is 10.3. The Morgan fingerprint density at radius 3 is 2.40 bits per heavy atom. The molecule has 20 heteroatoms. The van der Waals surface area contributed by atoms with Gasteiger partial charge < -0.3 is 32.6 Å². The number of nitrogens with one attached hydrogen (secondary N) is 2. The van der Waals surface area contributed by atoms with Crippen LogP contribution < -0.4 is 37.3 Å². The van der Waals surface area contributed by atoms with Gasteiger partial charge in [0.05, 0.1) is 39.2 Å². The number of hydrogen-bond donors (Lipinski definition) is 7. The molecule has 1 unspecified atom stereocenters. The Morgan fingerprint density at radius 1 is 1.22 bits per heavy atom. The van der Waals surface area contributed by atoms with Crippen molar-refractivity contribution < 1.29 is 31.1 Å². The minimum atomic E-state index is -4.51. The molecule has 4 rings (SSSR count). The summed E-state index contributed by atoms with van der Waals surface area (Å²) in [6.45, 7) is 6.10. The van der Waals surface area contributed by atoms with Crippen LogP contribution in [0.25, 0.3) is 5.82 Å². The Labute approximate surface area is 262 Å². The molecule has 0 aromatic carbocycles. The lowest BCUT2D eigenvalue weighted by Crippen LogP contribution is -2.71. The summed E-state index contributed by atoms with van der Waals surface area (Å²) in [6, 6.07) is 4.01. The summed E-state index contributed by atoms with van der Waals surface area (Å²) in [5.41, 5.74) is 21.5. The van der Waals surface area contributed by atoms with Crippen LogP contribution in [0, 0.1) is 18.3 Å². The molecule has 3 aromatic heterocycles. The van der Waals surface area contributed by atoms with Crippen molar-refractivity contribution in [1.29, 1.82) is 0 Å². The molecule has 10 N–H and O–H groups in total. The Kier molecular flexibility index (Phi) is 8.51. The molecule has 1 aliphatic rings. The van der Waals surface area contributed by atoms with Crippen molar-refractivity contribution >= 4 is 34.4 Å². The average molecular weight is 676 g/mol. The summed E-state index contributed by atoms with van der Waals surface area (Å²) < 4.78 is 74.5. The standard InChI is InChI=1S/C25H36F3N11O4S2/c1-13-15(10-33-35-13)45(41,42)37-20(40)14-6-7-17(39-9-8-18(36-39)43-12-21(2,3)25(26,27)28)34-19(14)38-11-16(24(30,31)32)23(29,44)22(38,4)5/h6-10,16,44H,11-12,29-32H2,1-5H3,(H,33,35)(H,37,40)/t16-,23?/m1/s1. The first-order valence-corrected chi connectivity index (χ1v) is 15.3. The minimum Gasteiger partial charge on any atom is -0.476 e. The van der Waals surface area contributed by atoms with Gasteiger partial charge in [0, 0.05) is 18.8 Å². The number of hydrogen-bond acceptors (Lipinski definition) is 13. The monoisotopic (exact) mass is 675 g/mol. The molecule has 0 saturated carbocycles. The first-order valence-electron chi connectivity index (χ1n) is 13.4. The van der Waals surface area contributed by atoms with Crippen LogP contribution in [0.5, 0.6) is 5.88 Å². The fourth-order valence-electron chi connectivity index (χ4n) is 4.72. The van der Waals surface area contributed by atoms with Gasteiger partial charge in [0.2, 0.25) is 5.88 Å². The van der Waals surface area contributed by atoms with E-state index < -0.39 is 56.2 Å². The smallest absolute Gasteiger partial charge is 0.397 e. The minimum absolute atomic E-state index is 0.0547. The second-order valence-electron chi connectivity index (χ2n) is 12.2. The fraction of sp³-hybridized carbons (Fsp3) is 0.520. The summed E-state index contributed by atoms with van der Waals surface area (Å²) in [5.74, 6) is -3.80. The third kappa shape index (κ3) is 6.34. The molecule has 0 aliphatic carbocycles. The number of nitrogens with zero attached hydrogens (tertiary/aromatic N) is 5. The van der Waals surface area contributed by atoms with E-state index in [0.29, 0.717) is 0 Å². The predicted molar refractivity (Wildman–Crippen MR) is 161 cm³/mol. The van der Waals surface area contributed by atoms with Gasteiger partial charge in [-0.1, -0.05) is 0 Å². The van der Waals surface area contributed by atoms with Crippen LogP contribution >= 0.6 is 12.6 Å². The molecule has 0 radical (unpaired) electrons. The Hall–Kier alpha value is -3.43. The molecule has 45 heavy (non-hydrogen) atoms. The third-order valence-electron chi connectivity index (χ3n) is 7.96. The van der Waals surface area contributed by atoms with Crippen molar-refractivity contribution in [2.24, 2.45) is 34.3 Å². The zero-order valence-corrected chi connectivity index (χ0v) is 26.8. The summed E-state index contributed by atoms with van der Waals surface area (Å²) in [4.78, 5) is 18.0. The summed E-state index contributed by atoms with van der Waals surface area (Å²) in [6.07, 6.45) is -2.06. The largest absolute Gasteiger partial charge is 0.476 e. The normalized spacial score (nSPS) is 20.8. The van der Waals surface area contributed by atoms with Gasteiger partial charge in [0.25, 0.3) is 15.9 Å². The number of thiol groups is 1. The number of aryl methyl sites for hydroxylation is 1. The molecule has 248 valence electrons. The van der Waals surface area contributed by atoms with Crippen LogP contribution in [0.4, 0.5) is 19.0 Å². The van der Waals surface area contributed by atoms with E-state index in [-0.39, 0.29) is 40.2 Å². The second-order valence-corrected chi connectivity index (χ2v) is 14.5. The SMILES string of the molecule is Cc1[nH]ncc1S(=O)(=O)NC(=O)c1ccc(-n2ccc(OCC(C)(C)C(F)(F)F)n2)nc1N1C[C@@H](C(N)(N)N)C(N)(S)C1(C)C. The number of aromatic amines is 1.